The fourth-order valence-corrected chi connectivity index (χ4v) is 3.20. The molecule has 5 heteroatoms. The van der Waals surface area contributed by atoms with Gasteiger partial charge >= 0.3 is 0 Å². The van der Waals surface area contributed by atoms with Crippen LogP contribution in [0.4, 0.5) is 0 Å². The second-order valence-electron chi connectivity index (χ2n) is 6.45. The third kappa shape index (κ3) is 2.93. The Hall–Kier alpha value is -0.650. The lowest BCUT2D eigenvalue weighted by atomic mass is 9.90. The normalized spacial score (nSPS) is 31.9. The Bertz CT molecular complexity index is 355. The van der Waals surface area contributed by atoms with Crippen LogP contribution in [-0.2, 0) is 9.53 Å². The summed E-state index contributed by atoms with van der Waals surface area (Å²) in [5.41, 5.74) is 5.28. The number of morpholine rings is 1. The molecule has 0 spiro atoms. The van der Waals surface area contributed by atoms with Crippen LogP contribution in [0.1, 0.15) is 32.6 Å². The van der Waals surface area contributed by atoms with Gasteiger partial charge in [-0.25, -0.2) is 0 Å². The van der Waals surface area contributed by atoms with E-state index in [1.54, 1.807) is 0 Å². The monoisotopic (exact) mass is 267 g/mol. The summed E-state index contributed by atoms with van der Waals surface area (Å²) in [4.78, 5) is 14.5. The molecule has 108 valence electrons. The number of rotatable bonds is 6. The molecule has 3 fully saturated rings. The van der Waals surface area contributed by atoms with E-state index in [2.05, 4.69) is 17.1 Å². The summed E-state index contributed by atoms with van der Waals surface area (Å²) in [5, 5.41) is 3.57. The van der Waals surface area contributed by atoms with Crippen molar-refractivity contribution >= 4 is 5.91 Å². The van der Waals surface area contributed by atoms with Gasteiger partial charge in [-0.1, -0.05) is 0 Å². The Kier molecular flexibility index (Phi) is 3.53. The molecule has 3 rings (SSSR count). The molecule has 1 aliphatic heterocycles. The lowest BCUT2D eigenvalue weighted by molar-refractivity contribution is -0.127. The van der Waals surface area contributed by atoms with Crippen molar-refractivity contribution in [2.75, 3.05) is 26.2 Å². The highest BCUT2D eigenvalue weighted by molar-refractivity contribution is 5.86. The summed E-state index contributed by atoms with van der Waals surface area (Å²) < 4.78 is 5.57. The van der Waals surface area contributed by atoms with E-state index in [-0.39, 0.29) is 12.0 Å². The number of hydrogen-bond donors (Lipinski definition) is 2. The maximum atomic E-state index is 12.1. The summed E-state index contributed by atoms with van der Waals surface area (Å²) in [5.74, 6) is 0.268. The zero-order chi connectivity index (χ0) is 13.5. The molecule has 3 N–H and O–H groups in total. The van der Waals surface area contributed by atoms with E-state index in [4.69, 9.17) is 10.5 Å². The van der Waals surface area contributed by atoms with Gasteiger partial charge in [0.05, 0.1) is 12.7 Å². The van der Waals surface area contributed by atoms with Crippen molar-refractivity contribution < 1.29 is 9.53 Å². The second kappa shape index (κ2) is 5.04. The van der Waals surface area contributed by atoms with Crippen molar-refractivity contribution in [3.05, 3.63) is 0 Å². The topological polar surface area (TPSA) is 67.6 Å². The zero-order valence-electron chi connectivity index (χ0n) is 11.7. The first-order valence-corrected chi connectivity index (χ1v) is 7.52. The van der Waals surface area contributed by atoms with Crippen molar-refractivity contribution in [3.8, 4) is 0 Å². The molecule has 0 radical (unpaired) electrons. The number of primary amides is 1. The molecule has 2 unspecified atom stereocenters. The molecule has 2 aliphatic carbocycles. The number of carbonyl (C=O) groups is 1. The van der Waals surface area contributed by atoms with Gasteiger partial charge in [-0.3, -0.25) is 15.0 Å². The van der Waals surface area contributed by atoms with E-state index in [9.17, 15) is 4.79 Å². The second-order valence-corrected chi connectivity index (χ2v) is 6.45. The highest BCUT2D eigenvalue weighted by Crippen LogP contribution is 2.42. The van der Waals surface area contributed by atoms with Gasteiger partial charge in [0.1, 0.15) is 5.54 Å². The summed E-state index contributed by atoms with van der Waals surface area (Å²) in [6.45, 7) is 5.39. The van der Waals surface area contributed by atoms with E-state index in [0.717, 1.165) is 39.1 Å². The molecule has 0 aromatic heterocycles. The Morgan fingerprint density at radius 3 is 2.68 bits per heavy atom. The average molecular weight is 267 g/mol. The van der Waals surface area contributed by atoms with Crippen LogP contribution in [0.15, 0.2) is 0 Å². The van der Waals surface area contributed by atoms with Gasteiger partial charge in [0, 0.05) is 25.7 Å². The number of nitrogens with zero attached hydrogens (tertiary/aromatic N) is 1. The average Bonchev–Trinajstić information content (AvgIpc) is 3.22. The lowest BCUT2D eigenvalue weighted by Crippen LogP contribution is -2.65. The van der Waals surface area contributed by atoms with E-state index in [1.165, 1.54) is 12.8 Å². The van der Waals surface area contributed by atoms with Gasteiger partial charge in [0.25, 0.3) is 0 Å². The largest absolute Gasteiger partial charge is 0.376 e. The van der Waals surface area contributed by atoms with Gasteiger partial charge in [-0.05, 0) is 38.5 Å². The summed E-state index contributed by atoms with van der Waals surface area (Å²) >= 11 is 0. The van der Waals surface area contributed by atoms with Crippen molar-refractivity contribution in [3.63, 3.8) is 0 Å². The minimum absolute atomic E-state index is 0.166. The molecule has 5 nitrogen and oxygen atoms in total. The SMILES string of the molecule is CC1CN(CC(NC2CC2)(C(N)=O)C2CC2)CCO1. The first-order valence-electron chi connectivity index (χ1n) is 7.52. The predicted molar refractivity (Wildman–Crippen MR) is 72.7 cm³/mol. The van der Waals surface area contributed by atoms with Crippen molar-refractivity contribution in [2.45, 2.75) is 50.3 Å². The highest BCUT2D eigenvalue weighted by atomic mass is 16.5. The number of amides is 1. The van der Waals surface area contributed by atoms with Crippen LogP contribution >= 0.6 is 0 Å². The summed E-state index contributed by atoms with van der Waals surface area (Å²) in [6.07, 6.45) is 4.87. The van der Waals surface area contributed by atoms with Gasteiger partial charge < -0.3 is 10.5 Å². The van der Waals surface area contributed by atoms with E-state index >= 15 is 0 Å². The molecule has 2 saturated carbocycles. The number of nitrogens with two attached hydrogens (primary N) is 1. The smallest absolute Gasteiger partial charge is 0.239 e. The molecular formula is C14H25N3O2. The summed E-state index contributed by atoms with van der Waals surface area (Å²) in [6, 6.07) is 0.506. The minimum Gasteiger partial charge on any atom is -0.376 e. The van der Waals surface area contributed by atoms with Crippen molar-refractivity contribution in [1.29, 1.82) is 0 Å². The number of hydrogen-bond acceptors (Lipinski definition) is 4. The fraction of sp³-hybridized carbons (Fsp3) is 0.929. The standard InChI is InChI=1S/C14H25N3O2/c1-10-8-17(6-7-19-10)9-14(13(15)18,11-2-3-11)16-12-4-5-12/h10-12,16H,2-9H2,1H3,(H2,15,18). The molecule has 1 saturated heterocycles. The summed E-state index contributed by atoms with van der Waals surface area (Å²) in [7, 11) is 0. The van der Waals surface area contributed by atoms with Crippen LogP contribution in [0.25, 0.3) is 0 Å². The minimum atomic E-state index is -0.502. The van der Waals surface area contributed by atoms with Crippen LogP contribution < -0.4 is 11.1 Å². The quantitative estimate of drug-likeness (QED) is 0.716. The zero-order valence-corrected chi connectivity index (χ0v) is 11.7. The van der Waals surface area contributed by atoms with Gasteiger partial charge in [-0.15, -0.1) is 0 Å². The molecule has 3 aliphatic rings. The Morgan fingerprint density at radius 1 is 1.42 bits per heavy atom. The molecule has 19 heavy (non-hydrogen) atoms. The van der Waals surface area contributed by atoms with Gasteiger partial charge in [0.15, 0.2) is 0 Å². The Balaban J connectivity index is 1.71. The van der Waals surface area contributed by atoms with Crippen LogP contribution in [0.5, 0.6) is 0 Å². The molecule has 0 aromatic rings. The van der Waals surface area contributed by atoms with Crippen molar-refractivity contribution in [1.82, 2.24) is 10.2 Å². The lowest BCUT2D eigenvalue weighted by Gasteiger charge is -2.40. The Labute approximate surface area is 114 Å². The predicted octanol–water partition coefficient (Wildman–Crippen LogP) is 0.0932. The first kappa shape index (κ1) is 13.3. The van der Waals surface area contributed by atoms with Crippen molar-refractivity contribution in [2.24, 2.45) is 11.7 Å². The fourth-order valence-electron chi connectivity index (χ4n) is 3.20. The van der Waals surface area contributed by atoms with E-state index in [1.807, 2.05) is 0 Å². The first-order chi connectivity index (χ1) is 9.10. The van der Waals surface area contributed by atoms with Gasteiger partial charge in [0.2, 0.25) is 5.91 Å². The highest BCUT2D eigenvalue weighted by Gasteiger charge is 2.52. The molecule has 2 atom stereocenters. The van der Waals surface area contributed by atoms with E-state index < -0.39 is 5.54 Å². The van der Waals surface area contributed by atoms with Crippen LogP contribution in [0, 0.1) is 5.92 Å². The number of ether oxygens (including phenoxy) is 1. The molecule has 1 amide bonds. The Morgan fingerprint density at radius 2 is 2.16 bits per heavy atom. The third-order valence-corrected chi connectivity index (χ3v) is 4.55. The maximum absolute atomic E-state index is 12.1. The van der Waals surface area contributed by atoms with Crippen LogP contribution in [-0.4, -0.2) is 54.7 Å². The van der Waals surface area contributed by atoms with Crippen LogP contribution in [0.3, 0.4) is 0 Å². The molecule has 1 heterocycles. The third-order valence-electron chi connectivity index (χ3n) is 4.55. The number of nitrogens with one attached hydrogen (secondary N) is 1. The molecular weight excluding hydrogens is 242 g/mol. The molecule has 0 bridgehead atoms. The number of carbonyl (C=O) groups excluding carboxylic acids is 1. The maximum Gasteiger partial charge on any atom is 0.239 e. The van der Waals surface area contributed by atoms with Gasteiger partial charge in [-0.2, -0.15) is 0 Å². The van der Waals surface area contributed by atoms with Crippen LogP contribution in [0.2, 0.25) is 0 Å². The molecule has 0 aromatic carbocycles. The van der Waals surface area contributed by atoms with E-state index in [0.29, 0.717) is 12.0 Å².